The monoisotopic (exact) mass is 428 g/mol. The minimum atomic E-state index is -0.139. The van der Waals surface area contributed by atoms with E-state index < -0.39 is 0 Å². The van der Waals surface area contributed by atoms with Crippen LogP contribution in [0.1, 0.15) is 47.9 Å². The largest absolute Gasteiger partial charge is 0.493 e. The van der Waals surface area contributed by atoms with Crippen molar-refractivity contribution < 1.29 is 9.53 Å². The van der Waals surface area contributed by atoms with Crippen LogP contribution in [-0.4, -0.2) is 27.0 Å². The molecule has 0 fully saturated rings. The molecule has 4 rings (SSSR count). The fourth-order valence-electron chi connectivity index (χ4n) is 3.77. The number of nitrogens with zero attached hydrogens (tertiary/aromatic N) is 3. The molecule has 0 aliphatic heterocycles. The van der Waals surface area contributed by atoms with Gasteiger partial charge < -0.3 is 14.6 Å². The van der Waals surface area contributed by atoms with Crippen LogP contribution in [0.5, 0.6) is 5.75 Å². The van der Waals surface area contributed by atoms with Crippen molar-refractivity contribution in [2.45, 2.75) is 39.3 Å². The number of amides is 1. The van der Waals surface area contributed by atoms with Gasteiger partial charge in [0.25, 0.3) is 5.91 Å². The zero-order valence-corrected chi connectivity index (χ0v) is 18.5. The molecule has 2 aromatic heterocycles. The number of imidazole rings is 1. The Morgan fingerprint density at radius 3 is 2.59 bits per heavy atom. The first-order chi connectivity index (χ1) is 15.6. The van der Waals surface area contributed by atoms with Crippen molar-refractivity contribution in [3.63, 3.8) is 0 Å². The number of hydrogen-bond acceptors (Lipinski definition) is 4. The van der Waals surface area contributed by atoms with Gasteiger partial charge in [-0.15, -0.1) is 0 Å². The van der Waals surface area contributed by atoms with Crippen LogP contribution in [-0.2, 0) is 13.1 Å². The molecular formula is C26H28N4O2. The Hall–Kier alpha value is -3.67. The van der Waals surface area contributed by atoms with Crippen LogP contribution in [0.4, 0.5) is 0 Å². The van der Waals surface area contributed by atoms with Crippen molar-refractivity contribution in [2.24, 2.45) is 0 Å². The summed E-state index contributed by atoms with van der Waals surface area (Å²) >= 11 is 0. The van der Waals surface area contributed by atoms with E-state index in [0.29, 0.717) is 24.6 Å². The second-order valence-corrected chi connectivity index (χ2v) is 7.98. The summed E-state index contributed by atoms with van der Waals surface area (Å²) in [5, 5.41) is 2.97. The van der Waals surface area contributed by atoms with Crippen LogP contribution in [0.15, 0.2) is 73.1 Å². The molecule has 0 aliphatic rings. The first kappa shape index (κ1) is 21.6. The van der Waals surface area contributed by atoms with Gasteiger partial charge in [0.2, 0.25) is 0 Å². The summed E-state index contributed by atoms with van der Waals surface area (Å²) in [6, 6.07) is 19.6. The SMILES string of the molecule is CC(C)c1ccccc1OCCCn1c(CNC(=O)c2ccncc2)nc2ccccc21. The highest BCUT2D eigenvalue weighted by Crippen LogP contribution is 2.26. The maximum absolute atomic E-state index is 12.5. The highest BCUT2D eigenvalue weighted by atomic mass is 16.5. The van der Waals surface area contributed by atoms with Crippen LogP contribution in [0.3, 0.4) is 0 Å². The Bertz CT molecular complexity index is 1180. The van der Waals surface area contributed by atoms with E-state index in [1.165, 1.54) is 5.56 Å². The van der Waals surface area contributed by atoms with Gasteiger partial charge in [-0.3, -0.25) is 9.78 Å². The Morgan fingerprint density at radius 2 is 1.78 bits per heavy atom. The summed E-state index contributed by atoms with van der Waals surface area (Å²) in [5.41, 5.74) is 3.79. The second kappa shape index (κ2) is 10.1. The summed E-state index contributed by atoms with van der Waals surface area (Å²) in [6.45, 7) is 6.06. The first-order valence-electron chi connectivity index (χ1n) is 11.0. The fourth-order valence-corrected chi connectivity index (χ4v) is 3.77. The number of carbonyl (C=O) groups excluding carboxylic acids is 1. The Morgan fingerprint density at radius 1 is 1.03 bits per heavy atom. The van der Waals surface area contributed by atoms with Crippen LogP contribution in [0.25, 0.3) is 11.0 Å². The number of nitrogens with one attached hydrogen (secondary N) is 1. The highest BCUT2D eigenvalue weighted by molar-refractivity contribution is 5.93. The average Bonchev–Trinajstić information content (AvgIpc) is 3.18. The van der Waals surface area contributed by atoms with E-state index >= 15 is 0 Å². The molecule has 0 atom stereocenters. The van der Waals surface area contributed by atoms with Gasteiger partial charge >= 0.3 is 0 Å². The average molecular weight is 429 g/mol. The molecule has 6 heteroatoms. The molecule has 0 spiro atoms. The zero-order chi connectivity index (χ0) is 22.3. The number of ether oxygens (including phenoxy) is 1. The third-order valence-electron chi connectivity index (χ3n) is 5.41. The maximum atomic E-state index is 12.5. The number of pyridine rings is 1. The molecule has 1 amide bonds. The number of fused-ring (bicyclic) bond motifs is 1. The molecule has 1 N–H and O–H groups in total. The second-order valence-electron chi connectivity index (χ2n) is 7.98. The number of aryl methyl sites for hydroxylation is 1. The van der Waals surface area contributed by atoms with Crippen LogP contribution >= 0.6 is 0 Å². The molecule has 2 heterocycles. The number of hydrogen-bond donors (Lipinski definition) is 1. The van der Waals surface area contributed by atoms with Gasteiger partial charge in [-0.05, 0) is 48.2 Å². The van der Waals surface area contributed by atoms with E-state index in [2.05, 4.69) is 40.8 Å². The molecule has 2 aromatic carbocycles. The van der Waals surface area contributed by atoms with Crippen molar-refractivity contribution in [3.05, 3.63) is 90.0 Å². The van der Waals surface area contributed by atoms with Gasteiger partial charge in [-0.25, -0.2) is 4.98 Å². The first-order valence-corrected chi connectivity index (χ1v) is 11.0. The van der Waals surface area contributed by atoms with E-state index in [1.54, 1.807) is 24.5 Å². The van der Waals surface area contributed by atoms with Crippen LogP contribution < -0.4 is 10.1 Å². The zero-order valence-electron chi connectivity index (χ0n) is 18.5. The number of carbonyl (C=O) groups is 1. The highest BCUT2D eigenvalue weighted by Gasteiger charge is 2.13. The van der Waals surface area contributed by atoms with E-state index in [9.17, 15) is 4.79 Å². The van der Waals surface area contributed by atoms with Gasteiger partial charge in [-0.1, -0.05) is 44.2 Å². The minimum absolute atomic E-state index is 0.139. The molecule has 32 heavy (non-hydrogen) atoms. The van der Waals surface area contributed by atoms with Gasteiger partial charge in [-0.2, -0.15) is 0 Å². The molecule has 6 nitrogen and oxygen atoms in total. The van der Waals surface area contributed by atoms with Crippen molar-refractivity contribution >= 4 is 16.9 Å². The third-order valence-corrected chi connectivity index (χ3v) is 5.41. The lowest BCUT2D eigenvalue weighted by molar-refractivity contribution is 0.0949. The van der Waals surface area contributed by atoms with Gasteiger partial charge in [0.1, 0.15) is 11.6 Å². The Balaban J connectivity index is 1.43. The van der Waals surface area contributed by atoms with E-state index in [1.807, 2.05) is 36.4 Å². The van der Waals surface area contributed by atoms with Crippen molar-refractivity contribution in [1.82, 2.24) is 19.9 Å². The molecule has 0 saturated heterocycles. The van der Waals surface area contributed by atoms with E-state index in [0.717, 1.165) is 35.6 Å². The molecule has 0 radical (unpaired) electrons. The minimum Gasteiger partial charge on any atom is -0.493 e. The molecule has 0 aliphatic carbocycles. The van der Waals surface area contributed by atoms with Crippen LogP contribution in [0, 0.1) is 0 Å². The Labute approximate surface area is 188 Å². The standard InChI is InChI=1S/C26H28N4O2/c1-19(2)21-8-3-6-11-24(21)32-17-7-16-30-23-10-5-4-9-22(23)29-25(30)18-28-26(31)20-12-14-27-15-13-20/h3-6,8-15,19H,7,16-18H2,1-2H3,(H,28,31). The third kappa shape index (κ3) is 4.97. The summed E-state index contributed by atoms with van der Waals surface area (Å²) in [6.07, 6.45) is 4.06. The fraction of sp³-hybridized carbons (Fsp3) is 0.269. The number of para-hydroxylation sites is 3. The van der Waals surface area contributed by atoms with Gasteiger partial charge in [0, 0.05) is 24.5 Å². The number of rotatable bonds is 9. The van der Waals surface area contributed by atoms with E-state index in [4.69, 9.17) is 9.72 Å². The molecule has 0 unspecified atom stereocenters. The molecule has 164 valence electrons. The van der Waals surface area contributed by atoms with E-state index in [-0.39, 0.29) is 5.91 Å². The summed E-state index contributed by atoms with van der Waals surface area (Å²) in [4.78, 5) is 21.2. The van der Waals surface area contributed by atoms with Crippen LogP contribution in [0.2, 0.25) is 0 Å². The Kier molecular flexibility index (Phi) is 6.80. The topological polar surface area (TPSA) is 69.0 Å². The lowest BCUT2D eigenvalue weighted by Gasteiger charge is -2.15. The number of benzene rings is 2. The molecule has 0 bridgehead atoms. The maximum Gasteiger partial charge on any atom is 0.251 e. The summed E-state index contributed by atoms with van der Waals surface area (Å²) < 4.78 is 8.26. The molecule has 4 aromatic rings. The van der Waals surface area contributed by atoms with Crippen molar-refractivity contribution in [2.75, 3.05) is 6.61 Å². The quantitative estimate of drug-likeness (QED) is 0.383. The van der Waals surface area contributed by atoms with Crippen molar-refractivity contribution in [1.29, 1.82) is 0 Å². The smallest absolute Gasteiger partial charge is 0.251 e. The lowest BCUT2D eigenvalue weighted by Crippen LogP contribution is -2.25. The predicted molar refractivity (Wildman–Crippen MR) is 126 cm³/mol. The van der Waals surface area contributed by atoms with Crippen molar-refractivity contribution in [3.8, 4) is 5.75 Å². The van der Waals surface area contributed by atoms with Gasteiger partial charge in [0.15, 0.2) is 0 Å². The van der Waals surface area contributed by atoms with Gasteiger partial charge in [0.05, 0.1) is 24.2 Å². The normalized spacial score (nSPS) is 11.1. The summed E-state index contributed by atoms with van der Waals surface area (Å²) in [5.74, 6) is 2.05. The molecular weight excluding hydrogens is 400 g/mol. The lowest BCUT2D eigenvalue weighted by atomic mass is 10.0. The number of aromatic nitrogens is 3. The summed E-state index contributed by atoms with van der Waals surface area (Å²) in [7, 11) is 0. The molecule has 0 saturated carbocycles. The predicted octanol–water partition coefficient (Wildman–Crippen LogP) is 4.95.